The molecular weight excluding hydrogens is 158 g/mol. The summed E-state index contributed by atoms with van der Waals surface area (Å²) in [5.41, 5.74) is 0.946. The van der Waals surface area contributed by atoms with Crippen LogP contribution in [0.2, 0.25) is 0 Å². The molecule has 12 heavy (non-hydrogen) atoms. The van der Waals surface area contributed by atoms with Crippen molar-refractivity contribution in [1.82, 2.24) is 0 Å². The van der Waals surface area contributed by atoms with E-state index < -0.39 is 5.92 Å². The molecule has 2 heteroatoms. The second-order valence-corrected chi connectivity index (χ2v) is 4.02. The molecule has 0 saturated heterocycles. The number of halogens is 2. The van der Waals surface area contributed by atoms with Crippen LogP contribution in [0.4, 0.5) is 8.78 Å². The Balaban J connectivity index is 2.58. The van der Waals surface area contributed by atoms with E-state index in [1.54, 1.807) is 0 Å². The molecule has 0 atom stereocenters. The first-order chi connectivity index (χ1) is 5.49. The van der Waals surface area contributed by atoms with Gasteiger partial charge in [-0.2, -0.15) is 0 Å². The van der Waals surface area contributed by atoms with Crippen molar-refractivity contribution in [3.63, 3.8) is 0 Å². The fourth-order valence-corrected chi connectivity index (χ4v) is 1.68. The Bertz CT molecular complexity index is 180. The highest BCUT2D eigenvalue weighted by molar-refractivity contribution is 5.12. The fraction of sp³-hybridized carbons (Fsp3) is 0.800. The van der Waals surface area contributed by atoms with Crippen molar-refractivity contribution in [1.29, 1.82) is 0 Å². The van der Waals surface area contributed by atoms with Crippen LogP contribution in [0.15, 0.2) is 11.6 Å². The standard InChI is InChI=1S/C10H16F2/c1-8(2)6-9-4-3-5-10(11,12)7-9/h7-8H,3-6H2,1-2H3. The highest BCUT2D eigenvalue weighted by atomic mass is 19.3. The van der Waals surface area contributed by atoms with E-state index in [1.165, 1.54) is 6.08 Å². The summed E-state index contributed by atoms with van der Waals surface area (Å²) in [6.07, 6.45) is 3.56. The summed E-state index contributed by atoms with van der Waals surface area (Å²) in [7, 11) is 0. The molecule has 0 spiro atoms. The molecule has 0 aromatic carbocycles. The molecule has 0 unspecified atom stereocenters. The summed E-state index contributed by atoms with van der Waals surface area (Å²) >= 11 is 0. The second-order valence-electron chi connectivity index (χ2n) is 4.02. The summed E-state index contributed by atoms with van der Waals surface area (Å²) in [6, 6.07) is 0. The normalized spacial score (nSPS) is 22.6. The number of rotatable bonds is 2. The van der Waals surface area contributed by atoms with Crippen LogP contribution >= 0.6 is 0 Å². The predicted molar refractivity (Wildman–Crippen MR) is 46.3 cm³/mol. The molecule has 0 aromatic rings. The van der Waals surface area contributed by atoms with E-state index in [-0.39, 0.29) is 6.42 Å². The van der Waals surface area contributed by atoms with Crippen LogP contribution in [-0.2, 0) is 0 Å². The third-order valence-corrected chi connectivity index (χ3v) is 2.09. The first-order valence-corrected chi connectivity index (χ1v) is 4.58. The van der Waals surface area contributed by atoms with E-state index in [1.807, 2.05) is 0 Å². The van der Waals surface area contributed by atoms with E-state index in [2.05, 4.69) is 13.8 Å². The first kappa shape index (κ1) is 9.69. The maximum atomic E-state index is 12.8. The molecule has 0 heterocycles. The van der Waals surface area contributed by atoms with E-state index in [4.69, 9.17) is 0 Å². The molecule has 0 nitrogen and oxygen atoms in total. The van der Waals surface area contributed by atoms with Crippen LogP contribution in [0.3, 0.4) is 0 Å². The van der Waals surface area contributed by atoms with E-state index in [9.17, 15) is 8.78 Å². The molecule has 70 valence electrons. The Morgan fingerprint density at radius 1 is 1.50 bits per heavy atom. The summed E-state index contributed by atoms with van der Waals surface area (Å²) in [6.45, 7) is 4.13. The van der Waals surface area contributed by atoms with Crippen LogP contribution in [-0.4, -0.2) is 5.92 Å². The van der Waals surface area contributed by atoms with Gasteiger partial charge in [0.1, 0.15) is 0 Å². The van der Waals surface area contributed by atoms with Gasteiger partial charge in [0.25, 0.3) is 5.92 Å². The van der Waals surface area contributed by atoms with Gasteiger partial charge in [0, 0.05) is 6.42 Å². The van der Waals surface area contributed by atoms with Gasteiger partial charge in [0.15, 0.2) is 0 Å². The fourth-order valence-electron chi connectivity index (χ4n) is 1.68. The molecule has 0 aromatic heterocycles. The number of hydrogen-bond acceptors (Lipinski definition) is 0. The van der Waals surface area contributed by atoms with Crippen LogP contribution in [0.25, 0.3) is 0 Å². The minimum absolute atomic E-state index is 0.0363. The zero-order valence-corrected chi connectivity index (χ0v) is 7.74. The summed E-state index contributed by atoms with van der Waals surface area (Å²) in [5.74, 6) is -2.03. The van der Waals surface area contributed by atoms with Crippen molar-refractivity contribution in [2.75, 3.05) is 0 Å². The molecule has 0 radical (unpaired) electrons. The van der Waals surface area contributed by atoms with Gasteiger partial charge in [0.2, 0.25) is 0 Å². The molecule has 0 fully saturated rings. The van der Waals surface area contributed by atoms with Gasteiger partial charge in [-0.15, -0.1) is 0 Å². The molecule has 1 aliphatic carbocycles. The van der Waals surface area contributed by atoms with Crippen LogP contribution in [0.5, 0.6) is 0 Å². The third kappa shape index (κ3) is 2.92. The molecular formula is C10H16F2. The molecule has 0 amide bonds. The molecule has 0 N–H and O–H groups in total. The Kier molecular flexibility index (Phi) is 2.86. The molecule has 1 aliphatic rings. The van der Waals surface area contributed by atoms with Gasteiger partial charge >= 0.3 is 0 Å². The SMILES string of the molecule is CC(C)CC1=CC(F)(F)CCC1. The predicted octanol–water partition coefficient (Wildman–Crippen LogP) is 3.78. The lowest BCUT2D eigenvalue weighted by Crippen LogP contribution is -2.17. The molecule has 0 aliphatic heterocycles. The summed E-state index contributed by atoms with van der Waals surface area (Å²) in [4.78, 5) is 0. The summed E-state index contributed by atoms with van der Waals surface area (Å²) < 4.78 is 25.7. The van der Waals surface area contributed by atoms with Crippen LogP contribution in [0, 0.1) is 5.92 Å². The van der Waals surface area contributed by atoms with Gasteiger partial charge < -0.3 is 0 Å². The lowest BCUT2D eigenvalue weighted by atomic mass is 9.91. The minimum atomic E-state index is -2.53. The van der Waals surface area contributed by atoms with Crippen molar-refractivity contribution in [3.8, 4) is 0 Å². The largest absolute Gasteiger partial charge is 0.266 e. The van der Waals surface area contributed by atoms with Gasteiger partial charge in [-0.1, -0.05) is 19.4 Å². The molecule has 1 rings (SSSR count). The van der Waals surface area contributed by atoms with Crippen LogP contribution in [0.1, 0.15) is 39.5 Å². The second kappa shape index (κ2) is 3.55. The number of allylic oxidation sites excluding steroid dienone is 2. The van der Waals surface area contributed by atoms with Gasteiger partial charge in [-0.3, -0.25) is 0 Å². The maximum absolute atomic E-state index is 12.8. The van der Waals surface area contributed by atoms with Crippen molar-refractivity contribution < 1.29 is 8.78 Å². The number of alkyl halides is 2. The third-order valence-electron chi connectivity index (χ3n) is 2.09. The highest BCUT2D eigenvalue weighted by Crippen LogP contribution is 2.33. The monoisotopic (exact) mass is 174 g/mol. The zero-order chi connectivity index (χ0) is 9.19. The highest BCUT2D eigenvalue weighted by Gasteiger charge is 2.29. The van der Waals surface area contributed by atoms with E-state index in [0.29, 0.717) is 12.3 Å². The zero-order valence-electron chi connectivity index (χ0n) is 7.74. The average Bonchev–Trinajstić information content (AvgIpc) is 1.82. The van der Waals surface area contributed by atoms with Crippen molar-refractivity contribution in [2.45, 2.75) is 45.5 Å². The van der Waals surface area contributed by atoms with E-state index in [0.717, 1.165) is 18.4 Å². The van der Waals surface area contributed by atoms with Crippen molar-refractivity contribution >= 4 is 0 Å². The Labute approximate surface area is 72.7 Å². The van der Waals surface area contributed by atoms with Crippen LogP contribution < -0.4 is 0 Å². The Morgan fingerprint density at radius 2 is 2.17 bits per heavy atom. The quantitative estimate of drug-likeness (QED) is 0.559. The van der Waals surface area contributed by atoms with Gasteiger partial charge in [-0.05, 0) is 31.3 Å². The molecule has 0 bridgehead atoms. The Morgan fingerprint density at radius 3 is 2.67 bits per heavy atom. The number of hydrogen-bond donors (Lipinski definition) is 0. The minimum Gasteiger partial charge on any atom is -0.202 e. The van der Waals surface area contributed by atoms with Crippen molar-refractivity contribution in [3.05, 3.63) is 11.6 Å². The first-order valence-electron chi connectivity index (χ1n) is 4.58. The Hall–Kier alpha value is -0.400. The van der Waals surface area contributed by atoms with Gasteiger partial charge in [-0.25, -0.2) is 8.78 Å². The van der Waals surface area contributed by atoms with E-state index >= 15 is 0 Å². The topological polar surface area (TPSA) is 0 Å². The van der Waals surface area contributed by atoms with Crippen molar-refractivity contribution in [2.24, 2.45) is 5.92 Å². The lowest BCUT2D eigenvalue weighted by molar-refractivity contribution is 0.0366. The lowest BCUT2D eigenvalue weighted by Gasteiger charge is -2.21. The molecule has 0 saturated carbocycles. The summed E-state index contributed by atoms with van der Waals surface area (Å²) in [5, 5.41) is 0. The average molecular weight is 174 g/mol. The van der Waals surface area contributed by atoms with Gasteiger partial charge in [0.05, 0.1) is 0 Å². The maximum Gasteiger partial charge on any atom is 0.266 e. The smallest absolute Gasteiger partial charge is 0.202 e.